The average molecular weight is 488 g/mol. The fraction of sp³-hybridized carbons (Fsp3) is 0.182. The summed E-state index contributed by atoms with van der Waals surface area (Å²) in [4.78, 5) is 4.84. The highest BCUT2D eigenvalue weighted by Gasteiger charge is 2.29. The van der Waals surface area contributed by atoms with Crippen molar-refractivity contribution in [3.05, 3.63) is 53.9 Å². The summed E-state index contributed by atoms with van der Waals surface area (Å²) in [6.45, 7) is 0. The van der Waals surface area contributed by atoms with Crippen molar-refractivity contribution in [2.24, 2.45) is 0 Å². The number of sulfonamides is 1. The molecule has 2 aromatic carbocycles. The Morgan fingerprint density at radius 2 is 1.76 bits per heavy atom. The number of aromatic nitrogens is 2. The van der Waals surface area contributed by atoms with Gasteiger partial charge in [-0.1, -0.05) is 11.2 Å². The van der Waals surface area contributed by atoms with Crippen LogP contribution in [0.2, 0.25) is 0 Å². The summed E-state index contributed by atoms with van der Waals surface area (Å²) in [6.07, 6.45) is 0. The number of hydrogen-bond donors (Lipinski definition) is 0. The van der Waals surface area contributed by atoms with Crippen molar-refractivity contribution in [3.63, 3.8) is 0 Å². The van der Waals surface area contributed by atoms with Gasteiger partial charge in [-0.15, -0.1) is 11.3 Å². The van der Waals surface area contributed by atoms with Gasteiger partial charge in [-0.05, 0) is 41.8 Å². The lowest BCUT2D eigenvalue weighted by molar-refractivity contribution is 0.355. The molecule has 0 bridgehead atoms. The first-order valence-electron chi connectivity index (χ1n) is 9.66. The number of rotatable bonds is 8. The van der Waals surface area contributed by atoms with E-state index in [1.807, 2.05) is 0 Å². The Balaban J connectivity index is 1.69. The van der Waals surface area contributed by atoms with Gasteiger partial charge in [-0.25, -0.2) is 8.42 Å². The SMILES string of the molecule is COc1cccc(N(C)S(=O)(=O)c2ccsc2-c2nc(-c3ccc(OC)c(OC)c3)no2)c1. The van der Waals surface area contributed by atoms with Crippen molar-refractivity contribution < 1.29 is 27.2 Å². The van der Waals surface area contributed by atoms with Gasteiger partial charge < -0.3 is 18.7 Å². The van der Waals surface area contributed by atoms with Crippen molar-refractivity contribution in [3.8, 4) is 39.4 Å². The number of nitrogens with zero attached hydrogens (tertiary/aromatic N) is 3. The number of thiophene rings is 1. The molecule has 0 spiro atoms. The van der Waals surface area contributed by atoms with Crippen molar-refractivity contribution in [1.82, 2.24) is 10.1 Å². The Hall–Kier alpha value is -3.57. The normalized spacial score (nSPS) is 11.3. The molecule has 0 saturated heterocycles. The van der Waals surface area contributed by atoms with Crippen molar-refractivity contribution >= 4 is 27.0 Å². The van der Waals surface area contributed by atoms with Crippen molar-refractivity contribution in [1.29, 1.82) is 0 Å². The second-order valence-corrected chi connectivity index (χ2v) is 9.63. The van der Waals surface area contributed by atoms with Crippen molar-refractivity contribution in [2.75, 3.05) is 32.7 Å². The second kappa shape index (κ2) is 9.12. The van der Waals surface area contributed by atoms with Gasteiger partial charge in [-0.2, -0.15) is 4.98 Å². The second-order valence-electron chi connectivity index (χ2n) is 6.78. The van der Waals surface area contributed by atoms with Crippen LogP contribution in [0.15, 0.2) is 63.3 Å². The fourth-order valence-electron chi connectivity index (χ4n) is 3.16. The predicted octanol–water partition coefficient (Wildman–Crippen LogP) is 4.32. The van der Waals surface area contributed by atoms with E-state index in [0.29, 0.717) is 39.2 Å². The summed E-state index contributed by atoms with van der Waals surface area (Å²) < 4.78 is 49.2. The lowest BCUT2D eigenvalue weighted by Gasteiger charge is -2.19. The van der Waals surface area contributed by atoms with Gasteiger partial charge in [0, 0.05) is 18.7 Å². The Bertz CT molecular complexity index is 1380. The van der Waals surface area contributed by atoms with Gasteiger partial charge in [0.2, 0.25) is 5.82 Å². The molecule has 0 saturated carbocycles. The van der Waals surface area contributed by atoms with Gasteiger partial charge in [0.1, 0.15) is 15.5 Å². The lowest BCUT2D eigenvalue weighted by Crippen LogP contribution is -2.26. The zero-order chi connectivity index (χ0) is 23.6. The number of hydrogen-bond acceptors (Lipinski definition) is 9. The third-order valence-corrected chi connectivity index (χ3v) is 7.81. The zero-order valence-electron chi connectivity index (χ0n) is 18.3. The standard InChI is InChI=1S/C22H21N3O6S2/c1-25(15-6-5-7-16(13-15)28-2)33(26,27)19-10-11-32-20(19)22-23-21(24-31-22)14-8-9-17(29-3)18(12-14)30-4/h5-13H,1-4H3. The minimum atomic E-state index is -3.90. The number of methoxy groups -OCH3 is 3. The highest BCUT2D eigenvalue weighted by atomic mass is 32.2. The van der Waals surface area contributed by atoms with Crippen LogP contribution in [0.1, 0.15) is 0 Å². The van der Waals surface area contributed by atoms with E-state index in [-0.39, 0.29) is 10.8 Å². The number of ether oxygens (including phenoxy) is 3. The third kappa shape index (κ3) is 4.24. The highest BCUT2D eigenvalue weighted by molar-refractivity contribution is 7.93. The Morgan fingerprint density at radius 1 is 0.970 bits per heavy atom. The summed E-state index contributed by atoms with van der Waals surface area (Å²) in [6, 6.07) is 13.5. The molecule has 0 amide bonds. The fourth-order valence-corrected chi connectivity index (χ4v) is 5.66. The molecule has 172 valence electrons. The maximum absolute atomic E-state index is 13.4. The van der Waals surface area contributed by atoms with Crippen LogP contribution in [0, 0.1) is 0 Å². The van der Waals surface area contributed by atoms with Crippen molar-refractivity contribution in [2.45, 2.75) is 4.90 Å². The Labute approximate surface area is 195 Å². The van der Waals surface area contributed by atoms with Crippen LogP contribution in [0.5, 0.6) is 17.2 Å². The molecule has 9 nitrogen and oxygen atoms in total. The average Bonchev–Trinajstić information content (AvgIpc) is 3.53. The summed E-state index contributed by atoms with van der Waals surface area (Å²) in [5, 5.41) is 5.69. The minimum Gasteiger partial charge on any atom is -0.497 e. The van der Waals surface area contributed by atoms with Crippen LogP contribution in [-0.2, 0) is 10.0 Å². The topological polar surface area (TPSA) is 104 Å². The van der Waals surface area contributed by atoms with Crippen LogP contribution < -0.4 is 18.5 Å². The largest absolute Gasteiger partial charge is 0.497 e. The molecule has 0 N–H and O–H groups in total. The lowest BCUT2D eigenvalue weighted by atomic mass is 10.2. The van der Waals surface area contributed by atoms with Gasteiger partial charge in [0.15, 0.2) is 11.5 Å². The molecule has 0 aliphatic carbocycles. The predicted molar refractivity (Wildman–Crippen MR) is 125 cm³/mol. The zero-order valence-corrected chi connectivity index (χ0v) is 19.9. The van der Waals surface area contributed by atoms with Crippen LogP contribution in [0.3, 0.4) is 0 Å². The van der Waals surface area contributed by atoms with Crippen LogP contribution in [0.4, 0.5) is 5.69 Å². The third-order valence-electron chi connectivity index (χ3n) is 4.95. The summed E-state index contributed by atoms with van der Waals surface area (Å²) in [5.74, 6) is 2.03. The summed E-state index contributed by atoms with van der Waals surface area (Å²) >= 11 is 1.20. The van der Waals surface area contributed by atoms with Crippen LogP contribution >= 0.6 is 11.3 Å². The molecule has 2 heterocycles. The van der Waals surface area contributed by atoms with Crippen LogP contribution in [-0.4, -0.2) is 46.9 Å². The van der Waals surface area contributed by atoms with E-state index in [2.05, 4.69) is 10.1 Å². The first kappa shape index (κ1) is 22.6. The number of anilines is 1. The monoisotopic (exact) mass is 487 g/mol. The molecule has 0 unspecified atom stereocenters. The highest BCUT2D eigenvalue weighted by Crippen LogP contribution is 2.37. The molecule has 4 rings (SSSR count). The smallest absolute Gasteiger partial charge is 0.269 e. The summed E-state index contributed by atoms with van der Waals surface area (Å²) in [5.41, 5.74) is 1.10. The Morgan fingerprint density at radius 3 is 2.48 bits per heavy atom. The van der Waals surface area contributed by atoms with E-state index in [1.165, 1.54) is 43.0 Å². The van der Waals surface area contributed by atoms with E-state index >= 15 is 0 Å². The first-order chi connectivity index (χ1) is 15.9. The molecular formula is C22H21N3O6S2. The molecule has 0 fully saturated rings. The maximum atomic E-state index is 13.4. The number of benzene rings is 2. The first-order valence-corrected chi connectivity index (χ1v) is 12.0. The minimum absolute atomic E-state index is 0.0698. The van der Waals surface area contributed by atoms with E-state index in [4.69, 9.17) is 18.7 Å². The van der Waals surface area contributed by atoms with E-state index in [9.17, 15) is 8.42 Å². The molecule has 2 aromatic heterocycles. The molecule has 4 aromatic rings. The van der Waals surface area contributed by atoms with Gasteiger partial charge in [-0.3, -0.25) is 4.31 Å². The summed E-state index contributed by atoms with van der Waals surface area (Å²) in [7, 11) is 2.18. The van der Waals surface area contributed by atoms with Gasteiger partial charge in [0.05, 0.1) is 27.0 Å². The maximum Gasteiger partial charge on any atom is 0.269 e. The molecule has 0 atom stereocenters. The Kier molecular flexibility index (Phi) is 6.25. The van der Waals surface area contributed by atoms with E-state index < -0.39 is 10.0 Å². The van der Waals surface area contributed by atoms with E-state index in [0.717, 1.165) is 0 Å². The molecule has 11 heteroatoms. The van der Waals surface area contributed by atoms with Crippen LogP contribution in [0.25, 0.3) is 22.2 Å². The molecule has 0 aliphatic rings. The molecule has 0 aliphatic heterocycles. The van der Waals surface area contributed by atoms with E-state index in [1.54, 1.807) is 55.0 Å². The van der Waals surface area contributed by atoms with Gasteiger partial charge in [0.25, 0.3) is 15.9 Å². The molecule has 33 heavy (non-hydrogen) atoms. The quantitative estimate of drug-likeness (QED) is 0.362. The van der Waals surface area contributed by atoms with Gasteiger partial charge >= 0.3 is 0 Å². The molecular weight excluding hydrogens is 466 g/mol. The molecule has 0 radical (unpaired) electrons.